The number of carbonyl (C=O) groups is 1. The predicted molar refractivity (Wildman–Crippen MR) is 94.1 cm³/mol. The van der Waals surface area contributed by atoms with Crippen LogP contribution >= 0.6 is 11.8 Å². The number of nitrogens with two attached hydrogens (primary N) is 1. The molecule has 1 amide bonds. The van der Waals surface area contributed by atoms with Crippen molar-refractivity contribution >= 4 is 17.7 Å². The van der Waals surface area contributed by atoms with Crippen LogP contribution in [0.1, 0.15) is 51.5 Å². The van der Waals surface area contributed by atoms with Crippen LogP contribution in [-0.4, -0.2) is 39.6 Å². The highest BCUT2D eigenvalue weighted by molar-refractivity contribution is 7.99. The molecule has 2 rings (SSSR count). The molecule has 1 aliphatic rings. The number of nitrogens with zero attached hydrogens (tertiary/aromatic N) is 3. The predicted octanol–water partition coefficient (Wildman–Crippen LogP) is 2.85. The zero-order valence-electron chi connectivity index (χ0n) is 14.3. The van der Waals surface area contributed by atoms with Crippen molar-refractivity contribution in [2.75, 3.05) is 18.8 Å². The van der Waals surface area contributed by atoms with Gasteiger partial charge in [0.2, 0.25) is 5.91 Å². The quantitative estimate of drug-likeness (QED) is 0.449. The summed E-state index contributed by atoms with van der Waals surface area (Å²) in [6.07, 6.45) is 8.93. The number of amides is 1. The second-order valence-electron chi connectivity index (χ2n) is 6.39. The number of hydrogen-bond acceptors (Lipinski definition) is 5. The molecule has 0 saturated carbocycles. The van der Waals surface area contributed by atoms with Crippen LogP contribution in [0.4, 0.5) is 0 Å². The topological polar surface area (TPSA) is 72.1 Å². The Bertz CT molecular complexity index is 508. The smallest absolute Gasteiger partial charge is 0.224 e. The van der Waals surface area contributed by atoms with Gasteiger partial charge < -0.3 is 5.73 Å². The number of hydrogen-bond donors (Lipinski definition) is 1. The van der Waals surface area contributed by atoms with Crippen molar-refractivity contribution in [3.05, 3.63) is 18.0 Å². The lowest BCUT2D eigenvalue weighted by Gasteiger charge is -2.40. The van der Waals surface area contributed by atoms with Crippen LogP contribution in [0.5, 0.6) is 0 Å². The fourth-order valence-corrected chi connectivity index (χ4v) is 3.96. The summed E-state index contributed by atoms with van der Waals surface area (Å²) < 4.78 is 0. The SMILES string of the molecule is CCCCSc1ncc(CN2CCCC(CC)(C(N)=O)C2)cn1. The summed E-state index contributed by atoms with van der Waals surface area (Å²) in [5, 5.41) is 0.848. The zero-order valence-corrected chi connectivity index (χ0v) is 15.1. The summed E-state index contributed by atoms with van der Waals surface area (Å²) in [5.41, 5.74) is 6.39. The van der Waals surface area contributed by atoms with Gasteiger partial charge in [0.05, 0.1) is 5.41 Å². The Labute approximate surface area is 143 Å². The molecule has 1 aromatic heterocycles. The molecule has 1 aliphatic heterocycles. The fraction of sp³-hybridized carbons (Fsp3) is 0.706. The van der Waals surface area contributed by atoms with E-state index in [9.17, 15) is 4.79 Å². The highest BCUT2D eigenvalue weighted by atomic mass is 32.2. The Balaban J connectivity index is 1.92. The van der Waals surface area contributed by atoms with Crippen molar-refractivity contribution in [3.63, 3.8) is 0 Å². The Kier molecular flexibility index (Phi) is 6.84. The molecule has 1 unspecified atom stereocenters. The van der Waals surface area contributed by atoms with Gasteiger partial charge in [0, 0.05) is 36.8 Å². The van der Waals surface area contributed by atoms with Gasteiger partial charge in [-0.2, -0.15) is 0 Å². The van der Waals surface area contributed by atoms with Gasteiger partial charge in [0.25, 0.3) is 0 Å². The maximum absolute atomic E-state index is 11.8. The van der Waals surface area contributed by atoms with E-state index < -0.39 is 0 Å². The maximum atomic E-state index is 11.8. The molecule has 0 aromatic carbocycles. The van der Waals surface area contributed by atoms with Crippen LogP contribution < -0.4 is 5.73 Å². The summed E-state index contributed by atoms with van der Waals surface area (Å²) in [7, 11) is 0. The van der Waals surface area contributed by atoms with E-state index in [0.29, 0.717) is 0 Å². The summed E-state index contributed by atoms with van der Waals surface area (Å²) in [6.45, 7) is 6.77. The van der Waals surface area contributed by atoms with Gasteiger partial charge in [-0.25, -0.2) is 9.97 Å². The Morgan fingerprint density at radius 2 is 2.13 bits per heavy atom. The third-order valence-electron chi connectivity index (χ3n) is 4.67. The van der Waals surface area contributed by atoms with E-state index >= 15 is 0 Å². The van der Waals surface area contributed by atoms with E-state index in [2.05, 4.69) is 28.7 Å². The van der Waals surface area contributed by atoms with Gasteiger partial charge in [-0.15, -0.1) is 0 Å². The molecule has 0 bridgehead atoms. The minimum atomic E-state index is -0.366. The van der Waals surface area contributed by atoms with Crippen molar-refractivity contribution in [3.8, 4) is 0 Å². The zero-order chi connectivity index (χ0) is 16.7. The largest absolute Gasteiger partial charge is 0.369 e. The first-order chi connectivity index (χ1) is 11.1. The van der Waals surface area contributed by atoms with Gasteiger partial charge in [-0.1, -0.05) is 32.0 Å². The number of unbranched alkanes of at least 4 members (excludes halogenated alkanes) is 1. The summed E-state index contributed by atoms with van der Waals surface area (Å²) in [6, 6.07) is 0. The molecule has 2 N–H and O–H groups in total. The molecular weight excluding hydrogens is 308 g/mol. The lowest BCUT2D eigenvalue weighted by atomic mass is 9.77. The van der Waals surface area contributed by atoms with Crippen molar-refractivity contribution < 1.29 is 4.79 Å². The molecule has 5 nitrogen and oxygen atoms in total. The number of piperidine rings is 1. The molecule has 1 atom stereocenters. The second-order valence-corrected chi connectivity index (χ2v) is 7.45. The maximum Gasteiger partial charge on any atom is 0.224 e. The van der Waals surface area contributed by atoms with E-state index in [1.54, 1.807) is 11.8 Å². The molecule has 0 spiro atoms. The third-order valence-corrected chi connectivity index (χ3v) is 5.63. The number of primary amides is 1. The lowest BCUT2D eigenvalue weighted by molar-refractivity contribution is -0.131. The van der Waals surface area contributed by atoms with E-state index in [0.717, 1.165) is 55.4 Å². The van der Waals surface area contributed by atoms with Crippen molar-refractivity contribution in [2.45, 2.75) is 57.7 Å². The number of likely N-dealkylation sites (tertiary alicyclic amines) is 1. The average molecular weight is 337 g/mol. The fourth-order valence-electron chi connectivity index (χ4n) is 3.09. The van der Waals surface area contributed by atoms with Crippen LogP contribution in [0.15, 0.2) is 17.6 Å². The molecule has 2 heterocycles. The number of thioether (sulfide) groups is 1. The Morgan fingerprint density at radius 3 is 2.74 bits per heavy atom. The molecule has 1 aromatic rings. The molecule has 23 heavy (non-hydrogen) atoms. The molecule has 1 saturated heterocycles. The van der Waals surface area contributed by atoms with Gasteiger partial charge in [0.15, 0.2) is 5.16 Å². The minimum absolute atomic E-state index is 0.163. The number of rotatable bonds is 8. The number of carbonyl (C=O) groups excluding carboxylic acids is 1. The molecule has 1 fully saturated rings. The molecule has 128 valence electrons. The third kappa shape index (κ3) is 4.91. The first-order valence-corrected chi connectivity index (χ1v) is 9.54. The van der Waals surface area contributed by atoms with Crippen LogP contribution in [0.3, 0.4) is 0 Å². The van der Waals surface area contributed by atoms with Gasteiger partial charge in [0.1, 0.15) is 0 Å². The molecule has 6 heteroatoms. The van der Waals surface area contributed by atoms with Crippen molar-refractivity contribution in [1.82, 2.24) is 14.9 Å². The van der Waals surface area contributed by atoms with Gasteiger partial charge in [-0.05, 0) is 32.2 Å². The first-order valence-electron chi connectivity index (χ1n) is 8.55. The van der Waals surface area contributed by atoms with Crippen LogP contribution in [0, 0.1) is 5.41 Å². The molecular formula is C17H28N4OS. The Hall–Kier alpha value is -1.14. The van der Waals surface area contributed by atoms with Gasteiger partial charge >= 0.3 is 0 Å². The van der Waals surface area contributed by atoms with Crippen LogP contribution in [0.25, 0.3) is 0 Å². The first kappa shape index (κ1) is 18.2. The second kappa shape index (κ2) is 8.64. The average Bonchev–Trinajstić information content (AvgIpc) is 2.56. The van der Waals surface area contributed by atoms with Crippen molar-refractivity contribution in [1.29, 1.82) is 0 Å². The van der Waals surface area contributed by atoms with E-state index in [1.807, 2.05) is 12.4 Å². The Morgan fingerprint density at radius 1 is 1.39 bits per heavy atom. The normalized spacial score (nSPS) is 22.2. The molecule has 0 radical (unpaired) electrons. The standard InChI is InChI=1S/C17H28N4OS/c1-3-5-9-23-16-19-10-14(11-20-16)12-21-8-6-7-17(4-2,13-21)15(18)22/h10-11H,3-9,12-13H2,1-2H3,(H2,18,22). The minimum Gasteiger partial charge on any atom is -0.369 e. The highest BCUT2D eigenvalue weighted by Crippen LogP contribution is 2.33. The lowest BCUT2D eigenvalue weighted by Crippen LogP contribution is -2.49. The van der Waals surface area contributed by atoms with Crippen molar-refractivity contribution in [2.24, 2.45) is 11.1 Å². The molecule has 0 aliphatic carbocycles. The van der Waals surface area contributed by atoms with E-state index in [4.69, 9.17) is 5.73 Å². The number of aromatic nitrogens is 2. The summed E-state index contributed by atoms with van der Waals surface area (Å²) >= 11 is 1.71. The van der Waals surface area contributed by atoms with E-state index in [-0.39, 0.29) is 11.3 Å². The summed E-state index contributed by atoms with van der Waals surface area (Å²) in [4.78, 5) is 23.0. The summed E-state index contributed by atoms with van der Waals surface area (Å²) in [5.74, 6) is 0.906. The van der Waals surface area contributed by atoms with E-state index in [1.165, 1.54) is 12.8 Å². The van der Waals surface area contributed by atoms with Crippen LogP contribution in [0.2, 0.25) is 0 Å². The monoisotopic (exact) mass is 336 g/mol. The van der Waals surface area contributed by atoms with Crippen LogP contribution in [-0.2, 0) is 11.3 Å². The highest BCUT2D eigenvalue weighted by Gasteiger charge is 2.38. The van der Waals surface area contributed by atoms with Gasteiger partial charge in [-0.3, -0.25) is 9.69 Å².